The molecule has 0 unspecified atom stereocenters. The van der Waals surface area contributed by atoms with Crippen molar-refractivity contribution in [1.82, 2.24) is 0 Å². The molecule has 2 aromatic rings. The summed E-state index contributed by atoms with van der Waals surface area (Å²) in [5.41, 5.74) is -0.730. The molecule has 22 heavy (non-hydrogen) atoms. The molecule has 1 aromatic carbocycles. The summed E-state index contributed by atoms with van der Waals surface area (Å²) >= 11 is 0. The highest BCUT2D eigenvalue weighted by Gasteiger charge is 2.26. The summed E-state index contributed by atoms with van der Waals surface area (Å²) in [5.74, 6) is -1.40. The predicted octanol–water partition coefficient (Wildman–Crippen LogP) is 1.47. The number of Topliss-reactive ketones (excluding diaryl/α,β-unsaturated/α-hetero) is 1. The van der Waals surface area contributed by atoms with Crippen LogP contribution in [0.1, 0.15) is 16.1 Å². The number of hydrogen-bond donors (Lipinski definition) is 0. The van der Waals surface area contributed by atoms with Gasteiger partial charge < -0.3 is 18.6 Å². The molecule has 0 aliphatic rings. The smallest absolute Gasteiger partial charge is 0.379 e. The Bertz CT molecular complexity index is 817. The van der Waals surface area contributed by atoms with Gasteiger partial charge in [-0.05, 0) is 13.0 Å². The van der Waals surface area contributed by atoms with Crippen molar-refractivity contribution >= 4 is 22.5 Å². The molecule has 7 nitrogen and oxygen atoms in total. The zero-order chi connectivity index (χ0) is 16.4. The molecule has 0 aliphatic heterocycles. The Hall–Kier alpha value is -2.83. The average molecular weight is 306 g/mol. The van der Waals surface area contributed by atoms with E-state index >= 15 is 0 Å². The van der Waals surface area contributed by atoms with Crippen molar-refractivity contribution < 1.29 is 28.2 Å². The third kappa shape index (κ3) is 2.41. The summed E-state index contributed by atoms with van der Waals surface area (Å²) in [7, 11) is 3.90. The number of carbonyl (C=O) groups is 2. The molecule has 2 rings (SSSR count). The number of rotatable bonds is 4. The van der Waals surface area contributed by atoms with E-state index in [1.54, 1.807) is 0 Å². The van der Waals surface area contributed by atoms with Gasteiger partial charge in [-0.25, -0.2) is 9.59 Å². The molecule has 7 heteroatoms. The van der Waals surface area contributed by atoms with Crippen LogP contribution >= 0.6 is 0 Å². The number of carbonyl (C=O) groups excluding carboxylic acids is 2. The number of fused-ring (bicyclic) bond motifs is 1. The van der Waals surface area contributed by atoms with E-state index in [0.717, 1.165) is 7.11 Å². The maximum Gasteiger partial charge on any atom is 0.379 e. The van der Waals surface area contributed by atoms with Crippen LogP contribution in [-0.4, -0.2) is 33.1 Å². The minimum atomic E-state index is -1.06. The predicted molar refractivity (Wildman–Crippen MR) is 76.7 cm³/mol. The number of ether oxygens (including phenoxy) is 3. The Kier molecular flexibility index (Phi) is 4.16. The first kappa shape index (κ1) is 15.6. The van der Waals surface area contributed by atoms with Gasteiger partial charge in [0.25, 0.3) is 5.78 Å². The highest BCUT2D eigenvalue weighted by molar-refractivity contribution is 6.43. The van der Waals surface area contributed by atoms with Crippen LogP contribution in [0.15, 0.2) is 21.3 Å². The maximum atomic E-state index is 12.2. The van der Waals surface area contributed by atoms with Gasteiger partial charge >= 0.3 is 11.6 Å². The topological polar surface area (TPSA) is 92.0 Å². The Balaban J connectivity index is 2.95. The first-order valence-electron chi connectivity index (χ1n) is 6.26. The summed E-state index contributed by atoms with van der Waals surface area (Å²) in [5, 5.41) is 0.265. The summed E-state index contributed by atoms with van der Waals surface area (Å²) in [6.45, 7) is 1.42. The van der Waals surface area contributed by atoms with Crippen LogP contribution in [0.5, 0.6) is 11.5 Å². The molecule has 1 heterocycles. The fourth-order valence-electron chi connectivity index (χ4n) is 2.18. The second kappa shape index (κ2) is 5.88. The molecule has 0 spiro atoms. The minimum absolute atomic E-state index is 0.0169. The van der Waals surface area contributed by atoms with Gasteiger partial charge in [0, 0.05) is 11.5 Å². The van der Waals surface area contributed by atoms with Crippen molar-refractivity contribution in [2.45, 2.75) is 6.92 Å². The molecule has 1 aromatic heterocycles. The van der Waals surface area contributed by atoms with Crippen LogP contribution in [0.2, 0.25) is 0 Å². The Labute approximate surface area is 125 Å². The van der Waals surface area contributed by atoms with E-state index in [1.807, 2.05) is 0 Å². The van der Waals surface area contributed by atoms with E-state index in [0.29, 0.717) is 5.75 Å². The number of benzene rings is 1. The lowest BCUT2D eigenvalue weighted by Gasteiger charge is -2.11. The lowest BCUT2D eigenvalue weighted by Crippen LogP contribution is -2.19. The van der Waals surface area contributed by atoms with Gasteiger partial charge in [0.15, 0.2) is 0 Å². The zero-order valence-electron chi connectivity index (χ0n) is 12.5. The highest BCUT2D eigenvalue weighted by Crippen LogP contribution is 2.32. The fraction of sp³-hybridized carbons (Fsp3) is 0.267. The fourth-order valence-corrected chi connectivity index (χ4v) is 2.18. The SMILES string of the molecule is COC(=O)C(=O)c1c(C)oc(=O)c2c(OC)cc(OC)cc12. The molecule has 0 bridgehead atoms. The quantitative estimate of drug-likeness (QED) is 0.480. The molecule has 0 fully saturated rings. The van der Waals surface area contributed by atoms with E-state index in [1.165, 1.54) is 33.3 Å². The number of hydrogen-bond acceptors (Lipinski definition) is 7. The molecule has 0 saturated heterocycles. The van der Waals surface area contributed by atoms with E-state index in [9.17, 15) is 14.4 Å². The van der Waals surface area contributed by atoms with E-state index in [4.69, 9.17) is 13.9 Å². The molecule has 0 N–H and O–H groups in total. The standard InChI is InChI=1S/C15H14O7/c1-7-11(13(16)15(18)21-4)9-5-8(19-2)6-10(20-3)12(9)14(17)22-7/h5-6H,1-4H3. The van der Waals surface area contributed by atoms with E-state index < -0.39 is 17.4 Å². The Morgan fingerprint density at radius 1 is 1.09 bits per heavy atom. The van der Waals surface area contributed by atoms with Gasteiger partial charge in [-0.2, -0.15) is 0 Å². The lowest BCUT2D eigenvalue weighted by molar-refractivity contribution is -0.135. The van der Waals surface area contributed by atoms with Crippen LogP contribution in [0, 0.1) is 6.92 Å². The molecule has 0 amide bonds. The summed E-state index contributed by atoms with van der Waals surface area (Å²) in [6.07, 6.45) is 0. The third-order valence-electron chi connectivity index (χ3n) is 3.20. The third-order valence-corrected chi connectivity index (χ3v) is 3.20. The van der Waals surface area contributed by atoms with E-state index in [2.05, 4.69) is 4.74 Å². The van der Waals surface area contributed by atoms with Gasteiger partial charge in [-0.3, -0.25) is 4.79 Å². The van der Waals surface area contributed by atoms with Crippen molar-refractivity contribution in [3.8, 4) is 11.5 Å². The largest absolute Gasteiger partial charge is 0.497 e. The Morgan fingerprint density at radius 2 is 1.77 bits per heavy atom. The minimum Gasteiger partial charge on any atom is -0.497 e. The molecule has 0 saturated carbocycles. The van der Waals surface area contributed by atoms with Gasteiger partial charge in [0.2, 0.25) is 0 Å². The molecule has 116 valence electrons. The summed E-state index contributed by atoms with van der Waals surface area (Å²) < 4.78 is 19.8. The second-order valence-electron chi connectivity index (χ2n) is 4.39. The van der Waals surface area contributed by atoms with E-state index in [-0.39, 0.29) is 27.8 Å². The first-order chi connectivity index (χ1) is 10.4. The van der Waals surface area contributed by atoms with Crippen molar-refractivity contribution in [3.05, 3.63) is 33.9 Å². The van der Waals surface area contributed by atoms with Crippen molar-refractivity contribution in [1.29, 1.82) is 0 Å². The van der Waals surface area contributed by atoms with Crippen molar-refractivity contribution in [2.24, 2.45) is 0 Å². The number of methoxy groups -OCH3 is 3. The number of ketones is 1. The number of esters is 1. The van der Waals surface area contributed by atoms with Crippen LogP contribution in [0.25, 0.3) is 10.8 Å². The van der Waals surface area contributed by atoms with Crippen LogP contribution < -0.4 is 15.1 Å². The van der Waals surface area contributed by atoms with Gasteiger partial charge in [-0.15, -0.1) is 0 Å². The van der Waals surface area contributed by atoms with Crippen LogP contribution in [-0.2, 0) is 9.53 Å². The zero-order valence-corrected chi connectivity index (χ0v) is 12.5. The van der Waals surface area contributed by atoms with Crippen LogP contribution in [0.4, 0.5) is 0 Å². The summed E-state index contributed by atoms with van der Waals surface area (Å²) in [4.78, 5) is 35.8. The average Bonchev–Trinajstić information content (AvgIpc) is 2.52. The van der Waals surface area contributed by atoms with Crippen molar-refractivity contribution in [2.75, 3.05) is 21.3 Å². The highest BCUT2D eigenvalue weighted by atomic mass is 16.5. The normalized spacial score (nSPS) is 10.4. The van der Waals surface area contributed by atoms with Gasteiger partial charge in [-0.1, -0.05) is 0 Å². The first-order valence-corrected chi connectivity index (χ1v) is 6.26. The van der Waals surface area contributed by atoms with Gasteiger partial charge in [0.05, 0.1) is 26.9 Å². The second-order valence-corrected chi connectivity index (χ2v) is 4.39. The number of aryl methyl sites for hydroxylation is 1. The summed E-state index contributed by atoms with van der Waals surface area (Å²) in [6, 6.07) is 2.96. The lowest BCUT2D eigenvalue weighted by atomic mass is 10.0. The van der Waals surface area contributed by atoms with Crippen molar-refractivity contribution in [3.63, 3.8) is 0 Å². The molecule has 0 atom stereocenters. The monoisotopic (exact) mass is 306 g/mol. The Morgan fingerprint density at radius 3 is 2.32 bits per heavy atom. The molecule has 0 aliphatic carbocycles. The molecular weight excluding hydrogens is 292 g/mol. The van der Waals surface area contributed by atoms with Gasteiger partial charge in [0.1, 0.15) is 22.6 Å². The maximum absolute atomic E-state index is 12.2. The molecular formula is C15H14O7. The molecule has 0 radical (unpaired) electrons. The van der Waals surface area contributed by atoms with Crippen LogP contribution in [0.3, 0.4) is 0 Å².